The molecule has 6 N–H and O–H groups in total. The van der Waals surface area contributed by atoms with Crippen molar-refractivity contribution in [2.75, 3.05) is 49.2 Å². The van der Waals surface area contributed by atoms with E-state index in [2.05, 4.69) is 20.9 Å². The van der Waals surface area contributed by atoms with Gasteiger partial charge in [0.1, 0.15) is 24.7 Å². The second-order valence-corrected chi connectivity index (χ2v) is 14.1. The quantitative estimate of drug-likeness (QED) is 0.160. The second kappa shape index (κ2) is 12.0. The van der Waals surface area contributed by atoms with Gasteiger partial charge < -0.3 is 30.9 Å². The molecule has 6 rings (SSSR count). The highest BCUT2D eigenvalue weighted by Gasteiger charge is 2.45. The smallest absolute Gasteiger partial charge is 0.264 e. The minimum absolute atomic E-state index is 0.00605. The summed E-state index contributed by atoms with van der Waals surface area (Å²) < 4.78 is 38.8. The number of nitrogens with zero attached hydrogens (tertiary/aromatic N) is 2. The SMILES string of the molecule is CS(=O)(=O)c1ccc(N2CC(CNCCCNc3cccc4c3C(=O)N(C3CCC(O)NC3O)C4=O)C2)c2c1[C@H](O)[C@@H](F)C2. The zero-order chi connectivity index (χ0) is 31.3. The molecule has 0 aromatic heterocycles. The van der Waals surface area contributed by atoms with Crippen molar-refractivity contribution < 1.29 is 37.7 Å². The van der Waals surface area contributed by atoms with Crippen LogP contribution >= 0.6 is 0 Å². The van der Waals surface area contributed by atoms with E-state index in [1.807, 2.05) is 0 Å². The number of carbonyl (C=O) groups excluding carboxylic acids is 2. The standard InChI is InChI=1S/C30H38FN5O7S/c1-44(42,43)23-8-6-21(18-12-19(31)27(38)26(18)23)35-14-16(15-35)13-32-10-3-11-33-20-5-2-4-17-25(20)30(41)36(29(17)40)22-7-9-24(37)34-28(22)39/h2,4-6,8,16,19,22,24,27-28,32-34,37-39H,3,7,9-15H2,1H3/t19-,22?,24?,27+,28?/m0/s1. The zero-order valence-corrected chi connectivity index (χ0v) is 25.2. The fraction of sp³-hybridized carbons (Fsp3) is 0.533. The van der Waals surface area contributed by atoms with Crippen molar-refractivity contribution in [3.63, 3.8) is 0 Å². The molecule has 3 unspecified atom stereocenters. The van der Waals surface area contributed by atoms with Gasteiger partial charge in [0.05, 0.1) is 22.1 Å². The number of sulfone groups is 1. The molecule has 0 spiro atoms. The summed E-state index contributed by atoms with van der Waals surface area (Å²) in [7, 11) is -3.60. The van der Waals surface area contributed by atoms with Gasteiger partial charge in [0.25, 0.3) is 11.8 Å². The molecule has 0 radical (unpaired) electrons. The Morgan fingerprint density at radius 3 is 2.55 bits per heavy atom. The van der Waals surface area contributed by atoms with Gasteiger partial charge in [-0.15, -0.1) is 0 Å². The van der Waals surface area contributed by atoms with Crippen LogP contribution in [-0.2, 0) is 16.3 Å². The van der Waals surface area contributed by atoms with E-state index in [9.17, 15) is 37.7 Å². The Hall–Kier alpha value is -3.14. The lowest BCUT2D eigenvalue weighted by Crippen LogP contribution is -2.58. The number of carbonyl (C=O) groups is 2. The summed E-state index contributed by atoms with van der Waals surface area (Å²) in [4.78, 5) is 29.5. The number of piperidine rings is 1. The number of hydrogen-bond acceptors (Lipinski definition) is 11. The molecule has 2 aromatic carbocycles. The number of nitrogens with one attached hydrogen (secondary N) is 3. The number of amides is 2. The van der Waals surface area contributed by atoms with Crippen LogP contribution in [0.25, 0.3) is 0 Å². The second-order valence-electron chi connectivity index (χ2n) is 12.1. The number of hydrogen-bond donors (Lipinski definition) is 6. The highest BCUT2D eigenvalue weighted by molar-refractivity contribution is 7.90. The summed E-state index contributed by atoms with van der Waals surface area (Å²) in [5.41, 5.74) is 2.69. The van der Waals surface area contributed by atoms with Crippen molar-refractivity contribution in [1.82, 2.24) is 15.5 Å². The van der Waals surface area contributed by atoms with Crippen molar-refractivity contribution in [3.05, 3.63) is 52.6 Å². The first-order valence-corrected chi connectivity index (χ1v) is 16.9. The molecular weight excluding hydrogens is 593 g/mol. The summed E-state index contributed by atoms with van der Waals surface area (Å²) in [6, 6.07) is 7.50. The van der Waals surface area contributed by atoms with E-state index in [0.717, 1.165) is 42.9 Å². The Bertz CT molecular complexity index is 1570. The molecule has 14 heteroatoms. The molecule has 2 aromatic rings. The largest absolute Gasteiger partial charge is 0.385 e. The average Bonchev–Trinajstić information content (AvgIpc) is 3.38. The summed E-state index contributed by atoms with van der Waals surface area (Å²) in [6.07, 6.45) is -2.62. The number of fused-ring (bicyclic) bond motifs is 2. The Balaban J connectivity index is 0.973. The van der Waals surface area contributed by atoms with Gasteiger partial charge in [-0.3, -0.25) is 19.8 Å². The van der Waals surface area contributed by atoms with Crippen molar-refractivity contribution in [2.45, 2.75) is 61.4 Å². The van der Waals surface area contributed by atoms with Gasteiger partial charge >= 0.3 is 0 Å². The predicted octanol–water partition coefficient (Wildman–Crippen LogP) is 0.531. The van der Waals surface area contributed by atoms with Crippen LogP contribution in [0, 0.1) is 5.92 Å². The van der Waals surface area contributed by atoms with Crippen LogP contribution in [0.5, 0.6) is 0 Å². The third kappa shape index (κ3) is 5.59. The Morgan fingerprint density at radius 1 is 1.05 bits per heavy atom. The fourth-order valence-corrected chi connectivity index (χ4v) is 7.77. The summed E-state index contributed by atoms with van der Waals surface area (Å²) >= 11 is 0. The third-order valence-electron chi connectivity index (χ3n) is 9.05. The Kier molecular flexibility index (Phi) is 8.41. The molecule has 3 aliphatic heterocycles. The number of halogens is 1. The molecule has 5 atom stereocenters. The normalized spacial score (nSPS) is 27.0. The molecule has 2 amide bonds. The number of anilines is 2. The summed E-state index contributed by atoms with van der Waals surface area (Å²) in [5.74, 6) is -0.557. The van der Waals surface area contributed by atoms with Crippen molar-refractivity contribution >= 4 is 33.0 Å². The van der Waals surface area contributed by atoms with E-state index >= 15 is 0 Å². The van der Waals surface area contributed by atoms with Crippen LogP contribution in [0.4, 0.5) is 15.8 Å². The molecule has 4 aliphatic rings. The van der Waals surface area contributed by atoms with Crippen LogP contribution in [-0.4, -0.2) is 104 Å². The predicted molar refractivity (Wildman–Crippen MR) is 160 cm³/mol. The highest BCUT2D eigenvalue weighted by Crippen LogP contribution is 2.44. The highest BCUT2D eigenvalue weighted by atomic mass is 32.2. The lowest BCUT2D eigenvalue weighted by atomic mass is 9.96. The molecule has 44 heavy (non-hydrogen) atoms. The van der Waals surface area contributed by atoms with E-state index in [1.54, 1.807) is 24.3 Å². The number of aliphatic hydroxyl groups is 3. The van der Waals surface area contributed by atoms with Crippen molar-refractivity contribution in [3.8, 4) is 0 Å². The van der Waals surface area contributed by atoms with Crippen LogP contribution in [0.3, 0.4) is 0 Å². The van der Waals surface area contributed by atoms with E-state index < -0.39 is 52.4 Å². The first kappa shape index (κ1) is 30.9. The maximum atomic E-state index is 14.4. The maximum absolute atomic E-state index is 14.4. The number of benzene rings is 2. The summed E-state index contributed by atoms with van der Waals surface area (Å²) in [5, 5.41) is 39.7. The van der Waals surface area contributed by atoms with E-state index in [-0.39, 0.29) is 16.9 Å². The number of imide groups is 1. The van der Waals surface area contributed by atoms with Gasteiger partial charge in [-0.25, -0.2) is 12.8 Å². The van der Waals surface area contributed by atoms with Gasteiger partial charge in [-0.1, -0.05) is 6.07 Å². The molecule has 0 bridgehead atoms. The molecule has 238 valence electrons. The molecular formula is C30H38FN5O7S. The molecule has 1 aliphatic carbocycles. The minimum Gasteiger partial charge on any atom is -0.385 e. The first-order chi connectivity index (χ1) is 21.0. The zero-order valence-electron chi connectivity index (χ0n) is 24.4. The topological polar surface area (TPSA) is 172 Å². The van der Waals surface area contributed by atoms with Crippen LogP contribution in [0.1, 0.15) is 57.2 Å². The molecule has 0 saturated carbocycles. The van der Waals surface area contributed by atoms with E-state index in [0.29, 0.717) is 54.2 Å². The van der Waals surface area contributed by atoms with Crippen LogP contribution in [0.2, 0.25) is 0 Å². The third-order valence-corrected chi connectivity index (χ3v) is 10.2. The molecule has 12 nitrogen and oxygen atoms in total. The number of aliphatic hydroxyl groups excluding tert-OH is 3. The van der Waals surface area contributed by atoms with Crippen molar-refractivity contribution in [1.29, 1.82) is 0 Å². The van der Waals surface area contributed by atoms with Gasteiger partial charge in [0, 0.05) is 61.7 Å². The Morgan fingerprint density at radius 2 is 1.82 bits per heavy atom. The minimum atomic E-state index is -3.60. The number of alkyl halides is 1. The van der Waals surface area contributed by atoms with E-state index in [4.69, 9.17) is 0 Å². The lowest BCUT2D eigenvalue weighted by molar-refractivity contribution is -0.0413. The summed E-state index contributed by atoms with van der Waals surface area (Å²) in [6.45, 7) is 3.51. The molecule has 2 saturated heterocycles. The van der Waals surface area contributed by atoms with Gasteiger partial charge in [-0.2, -0.15) is 0 Å². The fourth-order valence-electron chi connectivity index (χ4n) is 6.82. The van der Waals surface area contributed by atoms with Crippen LogP contribution in [0.15, 0.2) is 35.2 Å². The maximum Gasteiger partial charge on any atom is 0.264 e. The number of rotatable bonds is 10. The van der Waals surface area contributed by atoms with Crippen LogP contribution < -0.4 is 20.9 Å². The molecule has 3 heterocycles. The molecule has 2 fully saturated rings. The first-order valence-electron chi connectivity index (χ1n) is 15.0. The van der Waals surface area contributed by atoms with Gasteiger partial charge in [0.2, 0.25) is 0 Å². The Labute approximate surface area is 255 Å². The lowest BCUT2D eigenvalue weighted by Gasteiger charge is -2.42. The average molecular weight is 632 g/mol. The monoisotopic (exact) mass is 631 g/mol. The van der Waals surface area contributed by atoms with E-state index in [1.165, 1.54) is 6.07 Å². The van der Waals surface area contributed by atoms with Crippen molar-refractivity contribution in [2.24, 2.45) is 5.92 Å². The van der Waals surface area contributed by atoms with Gasteiger partial charge in [0.15, 0.2) is 9.84 Å². The van der Waals surface area contributed by atoms with Gasteiger partial charge in [-0.05, 0) is 55.6 Å².